The average molecular weight is 354 g/mol. The zero-order valence-electron chi connectivity index (χ0n) is 13.6. The molecule has 1 aromatic heterocycles. The summed E-state index contributed by atoms with van der Waals surface area (Å²) < 4.78 is 26.3. The molecule has 0 spiro atoms. The third-order valence-electron chi connectivity index (χ3n) is 3.83. The van der Waals surface area contributed by atoms with Gasteiger partial charge in [-0.05, 0) is 47.9 Å². The molecule has 0 amide bonds. The van der Waals surface area contributed by atoms with Gasteiger partial charge >= 0.3 is 0 Å². The quantitative estimate of drug-likeness (QED) is 0.802. The van der Waals surface area contributed by atoms with Gasteiger partial charge in [-0.1, -0.05) is 31.2 Å². The molecule has 4 nitrogen and oxygen atoms in total. The second-order valence-electron chi connectivity index (χ2n) is 5.93. The van der Waals surface area contributed by atoms with Crippen molar-refractivity contribution in [2.45, 2.75) is 38.5 Å². The first-order valence-electron chi connectivity index (χ1n) is 7.60. The summed E-state index contributed by atoms with van der Waals surface area (Å²) in [6.07, 6.45) is 0. The van der Waals surface area contributed by atoms with Crippen LogP contribution in [0.1, 0.15) is 37.1 Å². The first kappa shape index (κ1) is 18.1. The van der Waals surface area contributed by atoms with Gasteiger partial charge in [0.05, 0.1) is 11.9 Å². The molecular weight excluding hydrogens is 330 g/mol. The third kappa shape index (κ3) is 4.64. The minimum atomic E-state index is -3.22. The Balaban J connectivity index is 2.04. The Morgan fingerprint density at radius 2 is 1.78 bits per heavy atom. The number of thiophene rings is 1. The van der Waals surface area contributed by atoms with Crippen LogP contribution in [0.4, 0.5) is 0 Å². The molecule has 1 heterocycles. The Morgan fingerprint density at radius 1 is 1.13 bits per heavy atom. The van der Waals surface area contributed by atoms with E-state index in [2.05, 4.69) is 4.72 Å². The Morgan fingerprint density at radius 3 is 2.30 bits per heavy atom. The summed E-state index contributed by atoms with van der Waals surface area (Å²) in [7, 11) is -3.22. The SMILES string of the molecule is CC(CNS(=O)(=O)C(C)C)c1ccc(-c2csc(CO)c2)cc1. The van der Waals surface area contributed by atoms with Crippen molar-refractivity contribution in [3.8, 4) is 11.1 Å². The van der Waals surface area contributed by atoms with Crippen molar-refractivity contribution in [2.24, 2.45) is 0 Å². The van der Waals surface area contributed by atoms with Crippen molar-refractivity contribution < 1.29 is 13.5 Å². The van der Waals surface area contributed by atoms with Crippen molar-refractivity contribution >= 4 is 21.4 Å². The highest BCUT2D eigenvalue weighted by molar-refractivity contribution is 7.90. The summed E-state index contributed by atoms with van der Waals surface area (Å²) in [6, 6.07) is 10.1. The fourth-order valence-corrected chi connectivity index (χ4v) is 3.71. The van der Waals surface area contributed by atoms with Crippen LogP contribution in [0.2, 0.25) is 0 Å². The summed E-state index contributed by atoms with van der Waals surface area (Å²) in [6.45, 7) is 5.81. The molecule has 0 bridgehead atoms. The highest BCUT2D eigenvalue weighted by Crippen LogP contribution is 2.27. The molecule has 2 aromatic rings. The largest absolute Gasteiger partial charge is 0.391 e. The number of aliphatic hydroxyl groups excluding tert-OH is 1. The number of rotatable bonds is 7. The molecule has 23 heavy (non-hydrogen) atoms. The first-order chi connectivity index (χ1) is 10.8. The average Bonchev–Trinajstić information content (AvgIpc) is 3.01. The minimum absolute atomic E-state index is 0.0653. The molecule has 0 saturated carbocycles. The Kier molecular flexibility index (Phi) is 5.97. The molecule has 1 atom stereocenters. The number of nitrogens with one attached hydrogen (secondary N) is 1. The molecule has 2 N–H and O–H groups in total. The fraction of sp³-hybridized carbons (Fsp3) is 0.412. The van der Waals surface area contributed by atoms with Gasteiger partial charge in [0.25, 0.3) is 0 Å². The van der Waals surface area contributed by atoms with E-state index in [0.29, 0.717) is 6.54 Å². The van der Waals surface area contributed by atoms with Gasteiger partial charge < -0.3 is 5.11 Å². The highest BCUT2D eigenvalue weighted by atomic mass is 32.2. The first-order valence-corrected chi connectivity index (χ1v) is 10.0. The summed E-state index contributed by atoms with van der Waals surface area (Å²) >= 11 is 1.54. The maximum absolute atomic E-state index is 11.8. The van der Waals surface area contributed by atoms with Gasteiger partial charge in [0.1, 0.15) is 0 Å². The van der Waals surface area contributed by atoms with Gasteiger partial charge in [-0.3, -0.25) is 0 Å². The lowest BCUT2D eigenvalue weighted by Crippen LogP contribution is -2.33. The summed E-state index contributed by atoms with van der Waals surface area (Å²) in [5.74, 6) is 0.105. The predicted octanol–water partition coefficient (Wildman–Crippen LogP) is 3.34. The smallest absolute Gasteiger partial charge is 0.213 e. The Labute approximate surface area is 142 Å². The van der Waals surface area contributed by atoms with Crippen molar-refractivity contribution in [3.63, 3.8) is 0 Å². The summed E-state index contributed by atoms with van der Waals surface area (Å²) in [5.41, 5.74) is 3.29. The number of hydrogen-bond donors (Lipinski definition) is 2. The monoisotopic (exact) mass is 353 g/mol. The van der Waals surface area contributed by atoms with Crippen LogP contribution in [0, 0.1) is 0 Å². The fourth-order valence-electron chi connectivity index (χ4n) is 2.14. The molecular formula is C17H23NO3S2. The predicted molar refractivity (Wildman–Crippen MR) is 96.2 cm³/mol. The van der Waals surface area contributed by atoms with Crippen LogP contribution in [-0.2, 0) is 16.6 Å². The van der Waals surface area contributed by atoms with E-state index < -0.39 is 15.3 Å². The molecule has 0 saturated heterocycles. The van der Waals surface area contributed by atoms with E-state index in [-0.39, 0.29) is 12.5 Å². The van der Waals surface area contributed by atoms with Crippen molar-refractivity contribution in [1.29, 1.82) is 0 Å². The van der Waals surface area contributed by atoms with Crippen LogP contribution in [0.5, 0.6) is 0 Å². The van der Waals surface area contributed by atoms with E-state index in [1.807, 2.05) is 42.6 Å². The maximum atomic E-state index is 11.8. The van der Waals surface area contributed by atoms with Crippen LogP contribution in [0.25, 0.3) is 11.1 Å². The van der Waals surface area contributed by atoms with Crippen molar-refractivity contribution in [2.75, 3.05) is 6.54 Å². The van der Waals surface area contributed by atoms with Crippen molar-refractivity contribution in [1.82, 2.24) is 4.72 Å². The number of hydrogen-bond acceptors (Lipinski definition) is 4. The van der Waals surface area contributed by atoms with E-state index in [1.165, 1.54) is 0 Å². The van der Waals surface area contributed by atoms with Crippen LogP contribution in [-0.4, -0.2) is 25.3 Å². The van der Waals surface area contributed by atoms with Gasteiger partial charge in [-0.2, -0.15) is 0 Å². The van der Waals surface area contributed by atoms with E-state index in [9.17, 15) is 8.42 Å². The maximum Gasteiger partial charge on any atom is 0.213 e. The molecule has 0 aliphatic rings. The molecule has 126 valence electrons. The van der Waals surface area contributed by atoms with Gasteiger partial charge in [0.15, 0.2) is 0 Å². The lowest BCUT2D eigenvalue weighted by Gasteiger charge is -2.15. The second kappa shape index (κ2) is 7.57. The van der Waals surface area contributed by atoms with Crippen LogP contribution in [0.3, 0.4) is 0 Å². The summed E-state index contributed by atoms with van der Waals surface area (Å²) in [5, 5.41) is 10.7. The third-order valence-corrected chi connectivity index (χ3v) is 6.57. The molecule has 0 radical (unpaired) electrons. The lowest BCUT2D eigenvalue weighted by molar-refractivity contribution is 0.285. The molecule has 6 heteroatoms. The van der Waals surface area contributed by atoms with E-state index in [1.54, 1.807) is 25.2 Å². The lowest BCUT2D eigenvalue weighted by atomic mass is 9.98. The number of aliphatic hydroxyl groups is 1. The van der Waals surface area contributed by atoms with Gasteiger partial charge in [-0.25, -0.2) is 13.1 Å². The molecule has 1 aromatic carbocycles. The van der Waals surface area contributed by atoms with Crippen molar-refractivity contribution in [3.05, 3.63) is 46.2 Å². The topological polar surface area (TPSA) is 66.4 Å². The molecule has 0 fully saturated rings. The van der Waals surface area contributed by atoms with Gasteiger partial charge in [-0.15, -0.1) is 11.3 Å². The van der Waals surface area contributed by atoms with Gasteiger partial charge in [0, 0.05) is 11.4 Å². The second-order valence-corrected chi connectivity index (χ2v) is 9.24. The summed E-state index contributed by atoms with van der Waals surface area (Å²) in [4.78, 5) is 0.945. The molecule has 0 aliphatic carbocycles. The van der Waals surface area contributed by atoms with Crippen LogP contribution < -0.4 is 4.72 Å². The van der Waals surface area contributed by atoms with Crippen LogP contribution >= 0.6 is 11.3 Å². The number of sulfonamides is 1. The molecule has 1 unspecified atom stereocenters. The Hall–Kier alpha value is -1.21. The van der Waals surface area contributed by atoms with Gasteiger partial charge in [0.2, 0.25) is 10.0 Å². The zero-order chi connectivity index (χ0) is 17.0. The van der Waals surface area contributed by atoms with E-state index in [4.69, 9.17) is 5.11 Å². The van der Waals surface area contributed by atoms with Crippen LogP contribution in [0.15, 0.2) is 35.7 Å². The molecule has 0 aliphatic heterocycles. The standard InChI is InChI=1S/C17H23NO3S2/c1-12(2)23(20,21)18-9-13(3)14-4-6-15(7-5-14)16-8-17(10-19)22-11-16/h4-8,11-13,18-19H,9-10H2,1-3H3. The number of benzene rings is 1. The Bertz CT molecular complexity index is 733. The zero-order valence-corrected chi connectivity index (χ0v) is 15.2. The minimum Gasteiger partial charge on any atom is -0.391 e. The van der Waals surface area contributed by atoms with E-state index in [0.717, 1.165) is 21.6 Å². The van der Waals surface area contributed by atoms with E-state index >= 15 is 0 Å². The highest BCUT2D eigenvalue weighted by Gasteiger charge is 2.17. The normalized spacial score (nSPS) is 13.4. The molecule has 2 rings (SSSR count).